The van der Waals surface area contributed by atoms with Crippen LogP contribution in [0.15, 0.2) is 78.9 Å². The summed E-state index contributed by atoms with van der Waals surface area (Å²) in [5.41, 5.74) is 2.25. The molecule has 3 aromatic carbocycles. The third-order valence-electron chi connectivity index (χ3n) is 6.32. The molecule has 4 rings (SSSR count). The van der Waals surface area contributed by atoms with Crippen molar-refractivity contribution in [2.75, 3.05) is 6.61 Å². The van der Waals surface area contributed by atoms with Crippen LogP contribution in [0, 0.1) is 5.92 Å². The normalized spacial score (nSPS) is 12.7. The number of hydrogen-bond donors (Lipinski definition) is 1. The Balaban J connectivity index is 1.56. The van der Waals surface area contributed by atoms with Crippen LogP contribution in [0.5, 0.6) is 11.5 Å². The van der Waals surface area contributed by atoms with Crippen molar-refractivity contribution in [1.82, 2.24) is 15.0 Å². The van der Waals surface area contributed by atoms with Gasteiger partial charge in [-0.3, -0.25) is 0 Å². The van der Waals surface area contributed by atoms with Gasteiger partial charge >= 0.3 is 0 Å². The minimum absolute atomic E-state index is 0.0308. The summed E-state index contributed by atoms with van der Waals surface area (Å²) in [6.45, 7) is 6.94. The van der Waals surface area contributed by atoms with Crippen LogP contribution in [0.2, 0.25) is 0 Å². The zero-order valence-corrected chi connectivity index (χ0v) is 21.8. The van der Waals surface area contributed by atoms with Crippen molar-refractivity contribution < 1.29 is 14.6 Å². The van der Waals surface area contributed by atoms with Crippen LogP contribution in [0.25, 0.3) is 34.2 Å². The van der Waals surface area contributed by atoms with Crippen molar-refractivity contribution in [3.8, 4) is 45.7 Å². The number of rotatable bonds is 12. The Morgan fingerprint density at radius 2 is 1.38 bits per heavy atom. The molecule has 37 heavy (non-hydrogen) atoms. The van der Waals surface area contributed by atoms with Gasteiger partial charge in [-0.05, 0) is 31.4 Å². The molecule has 6 heteroatoms. The van der Waals surface area contributed by atoms with Crippen molar-refractivity contribution in [2.45, 2.75) is 52.7 Å². The Hall–Kier alpha value is -3.77. The van der Waals surface area contributed by atoms with Crippen LogP contribution in [0.1, 0.15) is 46.5 Å². The van der Waals surface area contributed by atoms with Crippen molar-refractivity contribution in [3.63, 3.8) is 0 Å². The van der Waals surface area contributed by atoms with E-state index in [2.05, 4.69) is 23.8 Å². The van der Waals surface area contributed by atoms with E-state index in [4.69, 9.17) is 14.5 Å². The maximum Gasteiger partial charge on any atom is 0.196 e. The molecule has 0 aliphatic heterocycles. The molecule has 0 saturated carbocycles. The van der Waals surface area contributed by atoms with Gasteiger partial charge in [0.25, 0.3) is 0 Å². The molecule has 0 amide bonds. The maximum atomic E-state index is 10.9. The second kappa shape index (κ2) is 13.0. The number of nitrogens with zero attached hydrogens (tertiary/aromatic N) is 3. The van der Waals surface area contributed by atoms with E-state index >= 15 is 0 Å². The maximum absolute atomic E-state index is 10.9. The van der Waals surface area contributed by atoms with E-state index in [9.17, 15) is 5.11 Å². The molecule has 2 atom stereocenters. The van der Waals surface area contributed by atoms with Crippen LogP contribution in [0.4, 0.5) is 0 Å². The predicted octanol–water partition coefficient (Wildman–Crippen LogP) is 7.54. The van der Waals surface area contributed by atoms with Gasteiger partial charge in [-0.25, -0.2) is 15.0 Å². The molecule has 1 heterocycles. The van der Waals surface area contributed by atoms with Crippen molar-refractivity contribution in [1.29, 1.82) is 0 Å². The summed E-state index contributed by atoms with van der Waals surface area (Å²) in [4.78, 5) is 14.1. The van der Waals surface area contributed by atoms with Crippen LogP contribution in [-0.4, -0.2) is 33.0 Å². The van der Waals surface area contributed by atoms with E-state index in [-0.39, 0.29) is 5.75 Å². The largest absolute Gasteiger partial charge is 0.507 e. The molecular formula is C31H35N3O3. The first-order valence-electron chi connectivity index (χ1n) is 13.1. The summed E-state index contributed by atoms with van der Waals surface area (Å²) >= 11 is 0. The van der Waals surface area contributed by atoms with Gasteiger partial charge in [0.05, 0.1) is 12.2 Å². The van der Waals surface area contributed by atoms with E-state index in [0.717, 1.165) is 24.0 Å². The van der Waals surface area contributed by atoms with Gasteiger partial charge in [0, 0.05) is 17.2 Å². The fourth-order valence-electron chi connectivity index (χ4n) is 4.10. The third kappa shape index (κ3) is 7.14. The fourth-order valence-corrected chi connectivity index (χ4v) is 4.10. The van der Waals surface area contributed by atoms with E-state index in [1.165, 1.54) is 12.8 Å². The SMILES string of the molecule is CCCCC(CC)COC(C)Oc1ccc(-c2nc(-c3ccccc3)nc(-c3ccccc3)n2)c(O)c1. The van der Waals surface area contributed by atoms with Crippen molar-refractivity contribution in [3.05, 3.63) is 78.9 Å². The molecule has 6 nitrogen and oxygen atoms in total. The second-order valence-electron chi connectivity index (χ2n) is 9.15. The lowest BCUT2D eigenvalue weighted by atomic mass is 10.0. The van der Waals surface area contributed by atoms with Gasteiger partial charge in [-0.2, -0.15) is 0 Å². The molecule has 0 saturated heterocycles. The summed E-state index contributed by atoms with van der Waals surface area (Å²) in [6.07, 6.45) is 4.23. The molecule has 0 spiro atoms. The molecule has 0 bridgehead atoms. The fraction of sp³-hybridized carbons (Fsp3) is 0.323. The molecule has 0 radical (unpaired) electrons. The highest BCUT2D eigenvalue weighted by Gasteiger charge is 2.16. The minimum Gasteiger partial charge on any atom is -0.507 e. The molecule has 0 fully saturated rings. The number of benzene rings is 3. The molecular weight excluding hydrogens is 462 g/mol. The summed E-state index contributed by atoms with van der Waals surface area (Å²) in [5, 5.41) is 10.9. The molecule has 0 aliphatic carbocycles. The molecule has 192 valence electrons. The summed E-state index contributed by atoms with van der Waals surface area (Å²) < 4.78 is 11.9. The van der Waals surface area contributed by atoms with Crippen LogP contribution in [-0.2, 0) is 4.74 Å². The molecule has 2 unspecified atom stereocenters. The lowest BCUT2D eigenvalue weighted by Crippen LogP contribution is -2.20. The Morgan fingerprint density at radius 1 is 0.784 bits per heavy atom. The molecule has 4 aromatic rings. The zero-order valence-electron chi connectivity index (χ0n) is 21.8. The summed E-state index contributed by atoms with van der Waals surface area (Å²) in [7, 11) is 0. The molecule has 1 aromatic heterocycles. The van der Waals surface area contributed by atoms with Gasteiger partial charge in [-0.15, -0.1) is 0 Å². The van der Waals surface area contributed by atoms with Crippen LogP contribution in [0.3, 0.4) is 0 Å². The van der Waals surface area contributed by atoms with E-state index in [1.54, 1.807) is 18.2 Å². The smallest absolute Gasteiger partial charge is 0.196 e. The van der Waals surface area contributed by atoms with Crippen molar-refractivity contribution >= 4 is 0 Å². The number of hydrogen-bond acceptors (Lipinski definition) is 6. The number of aromatic nitrogens is 3. The van der Waals surface area contributed by atoms with Gasteiger partial charge < -0.3 is 14.6 Å². The first kappa shape index (κ1) is 26.3. The Kier molecular flexibility index (Phi) is 9.22. The highest BCUT2D eigenvalue weighted by molar-refractivity contribution is 5.70. The van der Waals surface area contributed by atoms with E-state index < -0.39 is 6.29 Å². The minimum atomic E-state index is -0.424. The van der Waals surface area contributed by atoms with E-state index in [0.29, 0.717) is 41.3 Å². The standard InChI is InChI=1S/C31H35N3O3/c1-4-6-13-23(5-2)21-36-22(3)37-26-18-19-27(28(35)20-26)31-33-29(24-14-9-7-10-15-24)32-30(34-31)25-16-11-8-12-17-25/h7-12,14-20,22-23,35H,4-6,13,21H2,1-3H3. The highest BCUT2D eigenvalue weighted by atomic mass is 16.7. The van der Waals surface area contributed by atoms with Crippen molar-refractivity contribution in [2.24, 2.45) is 5.92 Å². The summed E-state index contributed by atoms with van der Waals surface area (Å²) in [6, 6.07) is 24.7. The van der Waals surface area contributed by atoms with Gasteiger partial charge in [0.1, 0.15) is 11.5 Å². The Morgan fingerprint density at radius 3 is 1.92 bits per heavy atom. The topological polar surface area (TPSA) is 77.4 Å². The quantitative estimate of drug-likeness (QED) is 0.204. The number of aromatic hydroxyl groups is 1. The Labute approximate surface area is 219 Å². The number of phenolic OH excluding ortho intramolecular Hbond substituents is 1. The summed E-state index contributed by atoms with van der Waals surface area (Å²) in [5.74, 6) is 2.56. The monoisotopic (exact) mass is 497 g/mol. The first-order valence-corrected chi connectivity index (χ1v) is 13.1. The van der Waals surface area contributed by atoms with Gasteiger partial charge in [0.2, 0.25) is 0 Å². The molecule has 0 aliphatic rings. The van der Waals surface area contributed by atoms with Crippen LogP contribution >= 0.6 is 0 Å². The highest BCUT2D eigenvalue weighted by Crippen LogP contribution is 2.33. The Bertz CT molecular complexity index is 1210. The number of phenols is 1. The zero-order chi connectivity index (χ0) is 26.0. The van der Waals surface area contributed by atoms with Crippen LogP contribution < -0.4 is 4.74 Å². The lowest BCUT2D eigenvalue weighted by Gasteiger charge is -2.20. The average Bonchev–Trinajstić information content (AvgIpc) is 2.94. The first-order chi connectivity index (χ1) is 18.1. The average molecular weight is 498 g/mol. The third-order valence-corrected chi connectivity index (χ3v) is 6.32. The molecule has 1 N–H and O–H groups in total. The second-order valence-corrected chi connectivity index (χ2v) is 9.15. The number of ether oxygens (including phenoxy) is 2. The van der Waals surface area contributed by atoms with Gasteiger partial charge in [-0.1, -0.05) is 93.8 Å². The van der Waals surface area contributed by atoms with E-state index in [1.807, 2.05) is 67.6 Å². The van der Waals surface area contributed by atoms with Gasteiger partial charge in [0.15, 0.2) is 23.8 Å². The lowest BCUT2D eigenvalue weighted by molar-refractivity contribution is -0.0801. The predicted molar refractivity (Wildman–Crippen MR) is 147 cm³/mol. The number of unbranched alkanes of at least 4 members (excludes halogenated alkanes) is 1.